The summed E-state index contributed by atoms with van der Waals surface area (Å²) in [5.74, 6) is -1.35. The molecule has 0 aliphatic carbocycles. The molecule has 0 aliphatic rings. The van der Waals surface area contributed by atoms with Gasteiger partial charge in [0.05, 0.1) is 5.56 Å². The molecule has 1 aromatic rings. The number of aromatic hydroxyl groups is 1. The summed E-state index contributed by atoms with van der Waals surface area (Å²) in [5, 5.41) is 11.6. The zero-order chi connectivity index (χ0) is 12.3. The van der Waals surface area contributed by atoms with E-state index in [0.29, 0.717) is 0 Å². The number of imide groups is 1. The molecule has 2 N–H and O–H groups in total. The summed E-state index contributed by atoms with van der Waals surface area (Å²) in [6.07, 6.45) is 0. The van der Waals surface area contributed by atoms with Gasteiger partial charge in [-0.2, -0.15) is 0 Å². The van der Waals surface area contributed by atoms with Crippen LogP contribution in [0.1, 0.15) is 17.3 Å². The molecule has 0 atom stereocenters. The summed E-state index contributed by atoms with van der Waals surface area (Å²) in [4.78, 5) is 22.8. The first-order valence-electron chi connectivity index (χ1n) is 4.41. The number of rotatable bonds is 2. The van der Waals surface area contributed by atoms with Gasteiger partial charge < -0.3 is 5.11 Å². The highest BCUT2D eigenvalue weighted by Gasteiger charge is 2.14. The summed E-state index contributed by atoms with van der Waals surface area (Å²) in [7, 11) is 0. The maximum absolute atomic E-state index is 11.6. The molecular weight excluding hydrogens is 321 g/mol. The Hall–Kier alpha value is -1.37. The first-order chi connectivity index (χ1) is 7.41. The molecular formula is C11H10INO3. The van der Waals surface area contributed by atoms with Crippen molar-refractivity contribution in [1.29, 1.82) is 0 Å². The molecule has 84 valence electrons. The van der Waals surface area contributed by atoms with Crippen LogP contribution in [0.3, 0.4) is 0 Å². The van der Waals surface area contributed by atoms with Crippen LogP contribution in [0.25, 0.3) is 0 Å². The SMILES string of the molecule is C=C(C)C(=O)NC(=O)c1cc(I)ccc1O. The van der Waals surface area contributed by atoms with Gasteiger partial charge in [0.2, 0.25) is 0 Å². The average molecular weight is 331 g/mol. The lowest BCUT2D eigenvalue weighted by Gasteiger charge is -2.05. The van der Waals surface area contributed by atoms with Gasteiger partial charge in [-0.1, -0.05) is 6.58 Å². The van der Waals surface area contributed by atoms with Crippen molar-refractivity contribution in [2.75, 3.05) is 0 Å². The van der Waals surface area contributed by atoms with E-state index in [-0.39, 0.29) is 16.9 Å². The van der Waals surface area contributed by atoms with Crippen molar-refractivity contribution in [1.82, 2.24) is 5.32 Å². The number of hydrogen-bond donors (Lipinski definition) is 2. The number of hydrogen-bond acceptors (Lipinski definition) is 3. The van der Waals surface area contributed by atoms with Crippen molar-refractivity contribution < 1.29 is 14.7 Å². The van der Waals surface area contributed by atoms with Gasteiger partial charge in [0.1, 0.15) is 5.75 Å². The summed E-state index contributed by atoms with van der Waals surface area (Å²) in [6.45, 7) is 4.91. The molecule has 0 aromatic heterocycles. The van der Waals surface area contributed by atoms with Gasteiger partial charge in [0.25, 0.3) is 11.8 Å². The molecule has 0 saturated heterocycles. The van der Waals surface area contributed by atoms with E-state index in [9.17, 15) is 14.7 Å². The van der Waals surface area contributed by atoms with Crippen LogP contribution >= 0.6 is 22.6 Å². The predicted octanol–water partition coefficient (Wildman–Crippen LogP) is 1.83. The van der Waals surface area contributed by atoms with E-state index in [4.69, 9.17) is 0 Å². The molecule has 5 heteroatoms. The van der Waals surface area contributed by atoms with Gasteiger partial charge in [0.15, 0.2) is 0 Å². The van der Waals surface area contributed by atoms with E-state index in [1.165, 1.54) is 19.1 Å². The third-order valence-corrected chi connectivity index (χ3v) is 2.49. The van der Waals surface area contributed by atoms with Crippen LogP contribution in [0.5, 0.6) is 5.75 Å². The molecule has 0 fully saturated rings. The lowest BCUT2D eigenvalue weighted by Crippen LogP contribution is -2.30. The summed E-state index contributed by atoms with van der Waals surface area (Å²) < 4.78 is 0.795. The Kier molecular flexibility index (Phi) is 4.05. The average Bonchev–Trinajstić information content (AvgIpc) is 2.21. The van der Waals surface area contributed by atoms with Gasteiger partial charge in [0, 0.05) is 9.14 Å². The lowest BCUT2D eigenvalue weighted by atomic mass is 10.2. The van der Waals surface area contributed by atoms with E-state index in [2.05, 4.69) is 11.9 Å². The van der Waals surface area contributed by atoms with E-state index < -0.39 is 11.8 Å². The maximum Gasteiger partial charge on any atom is 0.261 e. The molecule has 0 unspecified atom stereocenters. The van der Waals surface area contributed by atoms with Crippen molar-refractivity contribution in [3.63, 3.8) is 0 Å². The van der Waals surface area contributed by atoms with Crippen LogP contribution in [0, 0.1) is 3.57 Å². The van der Waals surface area contributed by atoms with Crippen molar-refractivity contribution >= 4 is 34.4 Å². The Morgan fingerprint density at radius 3 is 2.62 bits per heavy atom. The van der Waals surface area contributed by atoms with Crippen LogP contribution in [0.15, 0.2) is 30.4 Å². The molecule has 1 aromatic carbocycles. The van der Waals surface area contributed by atoms with Crippen LogP contribution in [-0.4, -0.2) is 16.9 Å². The number of phenolic OH excluding ortho intramolecular Hbond substituents is 1. The highest BCUT2D eigenvalue weighted by molar-refractivity contribution is 14.1. The van der Waals surface area contributed by atoms with E-state index in [1.54, 1.807) is 6.07 Å². The van der Waals surface area contributed by atoms with Crippen molar-refractivity contribution in [2.45, 2.75) is 6.92 Å². The van der Waals surface area contributed by atoms with Crippen LogP contribution < -0.4 is 5.32 Å². The minimum Gasteiger partial charge on any atom is -0.507 e. The second-order valence-corrected chi connectivity index (χ2v) is 4.47. The van der Waals surface area contributed by atoms with Crippen molar-refractivity contribution in [3.05, 3.63) is 39.5 Å². The Bertz CT molecular complexity index is 468. The van der Waals surface area contributed by atoms with Crippen LogP contribution in [0.4, 0.5) is 0 Å². The van der Waals surface area contributed by atoms with Crippen LogP contribution in [0.2, 0.25) is 0 Å². The molecule has 0 bridgehead atoms. The number of carbonyl (C=O) groups is 2. The molecule has 16 heavy (non-hydrogen) atoms. The first kappa shape index (κ1) is 12.7. The second kappa shape index (κ2) is 5.11. The Morgan fingerprint density at radius 1 is 1.44 bits per heavy atom. The Morgan fingerprint density at radius 2 is 2.06 bits per heavy atom. The fourth-order valence-electron chi connectivity index (χ4n) is 0.967. The highest BCUT2D eigenvalue weighted by Crippen LogP contribution is 2.19. The molecule has 1 rings (SSSR count). The largest absolute Gasteiger partial charge is 0.507 e. The molecule has 2 amide bonds. The van der Waals surface area contributed by atoms with Gasteiger partial charge >= 0.3 is 0 Å². The first-order valence-corrected chi connectivity index (χ1v) is 5.49. The number of carbonyl (C=O) groups excluding carboxylic acids is 2. The van der Waals surface area contributed by atoms with E-state index in [0.717, 1.165) is 3.57 Å². The number of benzene rings is 1. The molecule has 0 aliphatic heterocycles. The number of nitrogens with one attached hydrogen (secondary N) is 1. The van der Waals surface area contributed by atoms with Gasteiger partial charge in [-0.05, 0) is 47.7 Å². The van der Waals surface area contributed by atoms with E-state index in [1.807, 2.05) is 22.6 Å². The van der Waals surface area contributed by atoms with Crippen molar-refractivity contribution in [2.24, 2.45) is 0 Å². The van der Waals surface area contributed by atoms with Gasteiger partial charge in [-0.3, -0.25) is 14.9 Å². The topological polar surface area (TPSA) is 66.4 Å². The Labute approximate surface area is 106 Å². The van der Waals surface area contributed by atoms with Gasteiger partial charge in [-0.15, -0.1) is 0 Å². The van der Waals surface area contributed by atoms with E-state index >= 15 is 0 Å². The minimum absolute atomic E-state index is 0.0708. The molecule has 0 saturated carbocycles. The monoisotopic (exact) mass is 331 g/mol. The lowest BCUT2D eigenvalue weighted by molar-refractivity contribution is -0.116. The fourth-order valence-corrected chi connectivity index (χ4v) is 1.46. The summed E-state index contributed by atoms with van der Waals surface area (Å²) in [5.41, 5.74) is 0.306. The second-order valence-electron chi connectivity index (χ2n) is 3.23. The third kappa shape index (κ3) is 3.06. The summed E-state index contributed by atoms with van der Waals surface area (Å²) in [6, 6.07) is 4.56. The number of halogens is 1. The fraction of sp³-hybridized carbons (Fsp3) is 0.0909. The molecule has 0 heterocycles. The van der Waals surface area contributed by atoms with Crippen LogP contribution in [-0.2, 0) is 4.79 Å². The molecule has 0 spiro atoms. The quantitative estimate of drug-likeness (QED) is 0.642. The summed E-state index contributed by atoms with van der Waals surface area (Å²) >= 11 is 2.01. The number of amides is 2. The van der Waals surface area contributed by atoms with Crippen molar-refractivity contribution in [3.8, 4) is 5.75 Å². The maximum atomic E-state index is 11.6. The smallest absolute Gasteiger partial charge is 0.261 e. The normalized spacial score (nSPS) is 9.62. The number of phenols is 1. The molecule has 0 radical (unpaired) electrons. The minimum atomic E-state index is -0.635. The molecule has 4 nitrogen and oxygen atoms in total. The standard InChI is InChI=1S/C11H10INO3/c1-6(2)10(15)13-11(16)8-5-7(12)3-4-9(8)14/h3-5,14H,1H2,2H3,(H,13,15,16). The van der Waals surface area contributed by atoms with Gasteiger partial charge in [-0.25, -0.2) is 0 Å². The highest BCUT2D eigenvalue weighted by atomic mass is 127. The predicted molar refractivity (Wildman–Crippen MR) is 68.1 cm³/mol. The zero-order valence-corrected chi connectivity index (χ0v) is 10.7. The Balaban J connectivity index is 2.93. The third-order valence-electron chi connectivity index (χ3n) is 1.82. The zero-order valence-electron chi connectivity index (χ0n) is 8.58.